The molecule has 0 aromatic heterocycles. The summed E-state index contributed by atoms with van der Waals surface area (Å²) in [5.41, 5.74) is 2.93. The highest BCUT2D eigenvalue weighted by atomic mass is 32.2. The lowest BCUT2D eigenvalue weighted by Crippen LogP contribution is -2.40. The smallest absolute Gasteiger partial charge is 0.243 e. The van der Waals surface area contributed by atoms with Crippen LogP contribution in [0, 0.1) is 0 Å². The van der Waals surface area contributed by atoms with Crippen LogP contribution in [0.15, 0.2) is 53.4 Å². The lowest BCUT2D eigenvalue weighted by Gasteiger charge is -2.26. The lowest BCUT2D eigenvalue weighted by atomic mass is 10.1. The quantitative estimate of drug-likeness (QED) is 0.809. The molecule has 2 aromatic carbocycles. The Balaban J connectivity index is 1.41. The molecule has 1 fully saturated rings. The van der Waals surface area contributed by atoms with Crippen molar-refractivity contribution in [2.45, 2.75) is 24.3 Å². The van der Waals surface area contributed by atoms with Gasteiger partial charge in [0, 0.05) is 30.5 Å². The fraction of sp³-hybridized carbons (Fsp3) is 0.381. The lowest BCUT2D eigenvalue weighted by molar-refractivity contribution is -0.115. The standard InChI is InChI=1S/C21H25N3O4S/c1-16-14-17-4-2-3-5-20(17)24(16)15-21(25)22-18-6-8-19(9-7-18)29(26,27)23-10-12-28-13-11-23/h2-9,16H,10-15H2,1H3,(H,22,25)/t16-/m1/s1. The summed E-state index contributed by atoms with van der Waals surface area (Å²) in [7, 11) is -3.53. The number of amides is 1. The van der Waals surface area contributed by atoms with Gasteiger partial charge in [0.2, 0.25) is 15.9 Å². The third kappa shape index (κ3) is 4.14. The van der Waals surface area contributed by atoms with Gasteiger partial charge in [-0.05, 0) is 49.2 Å². The molecule has 0 bridgehead atoms. The Labute approximate surface area is 171 Å². The third-order valence-electron chi connectivity index (χ3n) is 5.41. The molecule has 0 radical (unpaired) electrons. The van der Waals surface area contributed by atoms with Crippen molar-refractivity contribution in [3.8, 4) is 0 Å². The van der Waals surface area contributed by atoms with Crippen LogP contribution in [-0.2, 0) is 26.0 Å². The summed E-state index contributed by atoms with van der Waals surface area (Å²) in [6.45, 7) is 3.90. The van der Waals surface area contributed by atoms with Crippen molar-refractivity contribution in [1.29, 1.82) is 0 Å². The Morgan fingerprint density at radius 3 is 2.52 bits per heavy atom. The molecule has 1 saturated heterocycles. The maximum atomic E-state index is 12.7. The van der Waals surface area contributed by atoms with Crippen molar-refractivity contribution in [3.63, 3.8) is 0 Å². The SMILES string of the molecule is C[C@@H]1Cc2ccccc2N1CC(=O)Nc1ccc(S(=O)(=O)N2CCOCC2)cc1. The van der Waals surface area contributed by atoms with Crippen LogP contribution in [0.4, 0.5) is 11.4 Å². The summed E-state index contributed by atoms with van der Waals surface area (Å²) in [6.07, 6.45) is 0.928. The first-order chi connectivity index (χ1) is 13.9. The summed E-state index contributed by atoms with van der Waals surface area (Å²) >= 11 is 0. The summed E-state index contributed by atoms with van der Waals surface area (Å²) < 4.78 is 32.0. The van der Waals surface area contributed by atoms with Crippen molar-refractivity contribution < 1.29 is 17.9 Å². The molecule has 1 N–H and O–H groups in total. The first kappa shape index (κ1) is 19.9. The second-order valence-corrected chi connectivity index (χ2v) is 9.34. The molecule has 154 valence electrons. The predicted octanol–water partition coefficient (Wildman–Crippen LogP) is 2.10. The van der Waals surface area contributed by atoms with Gasteiger partial charge in [0.15, 0.2) is 0 Å². The van der Waals surface area contributed by atoms with Crippen molar-refractivity contribution in [2.75, 3.05) is 43.1 Å². The zero-order valence-corrected chi connectivity index (χ0v) is 17.2. The minimum absolute atomic E-state index is 0.127. The van der Waals surface area contributed by atoms with E-state index >= 15 is 0 Å². The molecule has 0 saturated carbocycles. The molecule has 29 heavy (non-hydrogen) atoms. The molecule has 1 amide bonds. The zero-order valence-electron chi connectivity index (χ0n) is 16.4. The van der Waals surface area contributed by atoms with Crippen molar-refractivity contribution in [1.82, 2.24) is 4.31 Å². The molecule has 0 unspecified atom stereocenters. The molecule has 2 aliphatic rings. The topological polar surface area (TPSA) is 79.0 Å². The number of sulfonamides is 1. The van der Waals surface area contributed by atoms with Crippen molar-refractivity contribution in [2.24, 2.45) is 0 Å². The average molecular weight is 416 g/mol. The fourth-order valence-corrected chi connectivity index (χ4v) is 5.28. The number of carbonyl (C=O) groups is 1. The normalized spacial score (nSPS) is 19.8. The van der Waals surface area contributed by atoms with E-state index in [0.717, 1.165) is 12.1 Å². The van der Waals surface area contributed by atoms with Crippen LogP contribution in [0.25, 0.3) is 0 Å². The van der Waals surface area contributed by atoms with Crippen LogP contribution in [0.5, 0.6) is 0 Å². The average Bonchev–Trinajstić information content (AvgIpc) is 3.04. The Bertz CT molecular complexity index is 985. The largest absolute Gasteiger partial charge is 0.379 e. The van der Waals surface area contributed by atoms with Crippen molar-refractivity contribution >= 4 is 27.3 Å². The number of carbonyl (C=O) groups excluding carboxylic acids is 1. The van der Waals surface area contributed by atoms with E-state index in [2.05, 4.69) is 23.2 Å². The highest BCUT2D eigenvalue weighted by Crippen LogP contribution is 2.31. The Morgan fingerprint density at radius 1 is 1.10 bits per heavy atom. The Kier molecular flexibility index (Phi) is 5.58. The summed E-state index contributed by atoms with van der Waals surface area (Å²) in [4.78, 5) is 14.9. The van der Waals surface area contributed by atoms with Crippen LogP contribution < -0.4 is 10.2 Å². The highest BCUT2D eigenvalue weighted by Gasteiger charge is 2.28. The third-order valence-corrected chi connectivity index (χ3v) is 7.32. The second kappa shape index (κ2) is 8.14. The number of morpholine rings is 1. The number of hydrogen-bond acceptors (Lipinski definition) is 5. The van der Waals surface area contributed by atoms with Gasteiger partial charge in [-0.2, -0.15) is 4.31 Å². The van der Waals surface area contributed by atoms with Gasteiger partial charge in [-0.1, -0.05) is 18.2 Å². The summed E-state index contributed by atoms with van der Waals surface area (Å²) in [5, 5.41) is 2.87. The number of fused-ring (bicyclic) bond motifs is 1. The van der Waals surface area contributed by atoms with E-state index in [1.165, 1.54) is 22.0 Å². The van der Waals surface area contributed by atoms with Gasteiger partial charge < -0.3 is 15.0 Å². The summed E-state index contributed by atoms with van der Waals surface area (Å²) in [6, 6.07) is 14.7. The molecule has 7 nitrogen and oxygen atoms in total. The van der Waals surface area contributed by atoms with Gasteiger partial charge in [-0.15, -0.1) is 0 Å². The first-order valence-corrected chi connectivity index (χ1v) is 11.2. The molecule has 0 spiro atoms. The van der Waals surface area contributed by atoms with Crippen LogP contribution in [0.1, 0.15) is 12.5 Å². The fourth-order valence-electron chi connectivity index (χ4n) is 3.87. The van der Waals surface area contributed by atoms with Crippen molar-refractivity contribution in [3.05, 3.63) is 54.1 Å². The van der Waals surface area contributed by atoms with Gasteiger partial charge in [0.05, 0.1) is 24.7 Å². The van der Waals surface area contributed by atoms with Gasteiger partial charge in [0.1, 0.15) is 0 Å². The zero-order chi connectivity index (χ0) is 20.4. The Morgan fingerprint density at radius 2 is 1.79 bits per heavy atom. The van der Waals surface area contributed by atoms with E-state index in [1.54, 1.807) is 12.1 Å². The van der Waals surface area contributed by atoms with Crippen LogP contribution in [0.2, 0.25) is 0 Å². The van der Waals surface area contributed by atoms with E-state index < -0.39 is 10.0 Å². The van der Waals surface area contributed by atoms with E-state index in [9.17, 15) is 13.2 Å². The van der Waals surface area contributed by atoms with Crippen LogP contribution in [0.3, 0.4) is 0 Å². The number of ether oxygens (including phenoxy) is 1. The monoisotopic (exact) mass is 415 g/mol. The van der Waals surface area contributed by atoms with Gasteiger partial charge >= 0.3 is 0 Å². The number of anilines is 2. The molecular formula is C21H25N3O4S. The van der Waals surface area contributed by atoms with E-state index in [4.69, 9.17) is 4.74 Å². The number of rotatable bonds is 5. The molecule has 4 rings (SSSR count). The van der Waals surface area contributed by atoms with Gasteiger partial charge in [-0.25, -0.2) is 8.42 Å². The maximum absolute atomic E-state index is 12.7. The van der Waals surface area contributed by atoms with Gasteiger partial charge in [0.25, 0.3) is 0 Å². The summed E-state index contributed by atoms with van der Waals surface area (Å²) in [5.74, 6) is -0.127. The molecule has 2 heterocycles. The number of para-hydroxylation sites is 1. The predicted molar refractivity (Wildman–Crippen MR) is 112 cm³/mol. The van der Waals surface area contributed by atoms with Crippen LogP contribution >= 0.6 is 0 Å². The molecule has 1 atom stereocenters. The van der Waals surface area contributed by atoms with E-state index in [1.807, 2.05) is 18.2 Å². The minimum atomic E-state index is -3.53. The maximum Gasteiger partial charge on any atom is 0.243 e. The molecular weight excluding hydrogens is 390 g/mol. The minimum Gasteiger partial charge on any atom is -0.379 e. The molecule has 2 aromatic rings. The second-order valence-electron chi connectivity index (χ2n) is 7.40. The first-order valence-electron chi connectivity index (χ1n) is 9.77. The molecule has 2 aliphatic heterocycles. The van der Waals surface area contributed by atoms with E-state index in [0.29, 0.717) is 32.0 Å². The number of benzene rings is 2. The molecule has 8 heteroatoms. The van der Waals surface area contributed by atoms with E-state index in [-0.39, 0.29) is 23.4 Å². The number of nitrogens with zero attached hydrogens (tertiary/aromatic N) is 2. The molecule has 0 aliphatic carbocycles. The number of nitrogens with one attached hydrogen (secondary N) is 1. The Hall–Kier alpha value is -2.42. The van der Waals surface area contributed by atoms with Gasteiger partial charge in [-0.3, -0.25) is 4.79 Å². The number of hydrogen-bond donors (Lipinski definition) is 1. The highest BCUT2D eigenvalue weighted by molar-refractivity contribution is 7.89. The van der Waals surface area contributed by atoms with Crippen LogP contribution in [-0.4, -0.2) is 57.5 Å².